The van der Waals surface area contributed by atoms with Crippen LogP contribution in [0.25, 0.3) is 0 Å². The quantitative estimate of drug-likeness (QED) is 0.252. The maximum absolute atomic E-state index is 11.8. The van der Waals surface area contributed by atoms with Crippen molar-refractivity contribution in [1.29, 1.82) is 0 Å². The Hall–Kier alpha value is -2.72. The number of nitrogens with one attached hydrogen (secondary N) is 1. The Balaban J connectivity index is 1.98. The number of phenolic OH excluding ortho intramolecular Hbond substituents is 1. The largest absolute Gasteiger partial charge is 0.502 e. The van der Waals surface area contributed by atoms with Crippen molar-refractivity contribution < 1.29 is 14.8 Å². The third kappa shape index (κ3) is 5.39. The minimum absolute atomic E-state index is 0.00907. The second-order valence-corrected chi connectivity index (χ2v) is 6.51. The van der Waals surface area contributed by atoms with E-state index in [9.17, 15) is 20.0 Å². The first-order chi connectivity index (χ1) is 12.3. The number of carbonyl (C=O) groups excluding carboxylic acids is 1. The van der Waals surface area contributed by atoms with Gasteiger partial charge in [-0.1, -0.05) is 23.4 Å². The molecular weight excluding hydrogens is 382 g/mol. The average Bonchev–Trinajstić information content (AvgIpc) is 2.54. The molecule has 0 aliphatic rings. The number of aryl methyl sites for hydroxylation is 2. The Kier molecular flexibility index (Phi) is 6.47. The number of amides is 1. The van der Waals surface area contributed by atoms with Crippen molar-refractivity contribution in [2.45, 2.75) is 19.0 Å². The third-order valence-electron chi connectivity index (χ3n) is 2.97. The van der Waals surface area contributed by atoms with Gasteiger partial charge in [0.2, 0.25) is 5.75 Å². The molecule has 26 heavy (non-hydrogen) atoms. The summed E-state index contributed by atoms with van der Waals surface area (Å²) in [6, 6.07) is 4.13. The van der Waals surface area contributed by atoms with Crippen molar-refractivity contribution in [2.75, 3.05) is 5.75 Å². The fourth-order valence-electron chi connectivity index (χ4n) is 1.94. The van der Waals surface area contributed by atoms with Gasteiger partial charge in [0.1, 0.15) is 0 Å². The molecule has 0 aliphatic carbocycles. The Morgan fingerprint density at radius 2 is 2.04 bits per heavy atom. The predicted molar refractivity (Wildman–Crippen MR) is 97.7 cm³/mol. The number of benzene rings is 1. The van der Waals surface area contributed by atoms with E-state index in [1.165, 1.54) is 6.07 Å². The van der Waals surface area contributed by atoms with Gasteiger partial charge in [-0.2, -0.15) is 5.10 Å². The molecule has 2 N–H and O–H groups in total. The first-order valence-electron chi connectivity index (χ1n) is 7.20. The second-order valence-electron chi connectivity index (χ2n) is 5.13. The Labute approximate surface area is 157 Å². The normalized spacial score (nSPS) is 10.9. The van der Waals surface area contributed by atoms with Gasteiger partial charge in [-0.3, -0.25) is 14.9 Å². The van der Waals surface area contributed by atoms with Gasteiger partial charge in [0.25, 0.3) is 5.91 Å². The van der Waals surface area contributed by atoms with Gasteiger partial charge in [0, 0.05) is 28.0 Å². The SMILES string of the molecule is Cc1cc(C)nc(SCC(=O)N/N=C/c2cc(Cl)cc([N+](=O)[O-])c2O)n1. The molecule has 11 heteroatoms. The summed E-state index contributed by atoms with van der Waals surface area (Å²) in [5, 5.41) is 24.9. The first-order valence-corrected chi connectivity index (χ1v) is 8.56. The summed E-state index contributed by atoms with van der Waals surface area (Å²) < 4.78 is 0. The van der Waals surface area contributed by atoms with Gasteiger partial charge in [-0.15, -0.1) is 0 Å². The lowest BCUT2D eigenvalue weighted by Gasteiger charge is -2.03. The summed E-state index contributed by atoms with van der Waals surface area (Å²) in [6.07, 6.45) is 1.07. The van der Waals surface area contributed by atoms with Crippen LogP contribution in [0.4, 0.5) is 5.69 Å². The van der Waals surface area contributed by atoms with E-state index in [2.05, 4.69) is 20.5 Å². The number of nitrogens with zero attached hydrogens (tertiary/aromatic N) is 4. The molecule has 136 valence electrons. The van der Waals surface area contributed by atoms with Gasteiger partial charge in [-0.05, 0) is 26.0 Å². The lowest BCUT2D eigenvalue weighted by molar-refractivity contribution is -0.385. The highest BCUT2D eigenvalue weighted by molar-refractivity contribution is 7.99. The summed E-state index contributed by atoms with van der Waals surface area (Å²) in [5.74, 6) is -0.984. The van der Waals surface area contributed by atoms with E-state index < -0.39 is 22.3 Å². The Morgan fingerprint density at radius 3 is 2.65 bits per heavy atom. The van der Waals surface area contributed by atoms with Crippen LogP contribution < -0.4 is 5.43 Å². The van der Waals surface area contributed by atoms with Gasteiger partial charge >= 0.3 is 5.69 Å². The fourth-order valence-corrected chi connectivity index (χ4v) is 2.90. The zero-order valence-corrected chi connectivity index (χ0v) is 15.3. The summed E-state index contributed by atoms with van der Waals surface area (Å²) in [7, 11) is 0. The third-order valence-corrected chi connectivity index (χ3v) is 4.03. The molecule has 0 fully saturated rings. The number of aromatic hydroxyl groups is 1. The van der Waals surface area contributed by atoms with Gasteiger partial charge < -0.3 is 5.11 Å². The highest BCUT2D eigenvalue weighted by Gasteiger charge is 2.17. The monoisotopic (exact) mass is 395 g/mol. The molecule has 1 amide bonds. The van der Waals surface area contributed by atoms with Crippen molar-refractivity contribution in [2.24, 2.45) is 5.10 Å². The van der Waals surface area contributed by atoms with Crippen LogP contribution in [0, 0.1) is 24.0 Å². The van der Waals surface area contributed by atoms with Gasteiger partial charge in [0.05, 0.1) is 16.9 Å². The van der Waals surface area contributed by atoms with Crippen LogP contribution in [-0.4, -0.2) is 37.9 Å². The molecule has 2 aromatic rings. The summed E-state index contributed by atoms with van der Waals surface area (Å²) in [5.41, 5.74) is 3.32. The number of hydrogen-bond donors (Lipinski definition) is 2. The molecule has 0 saturated heterocycles. The van der Waals surface area contributed by atoms with Crippen LogP contribution in [0.2, 0.25) is 5.02 Å². The number of thioether (sulfide) groups is 1. The van der Waals surface area contributed by atoms with Crippen LogP contribution >= 0.6 is 23.4 Å². The van der Waals surface area contributed by atoms with Gasteiger partial charge in [-0.25, -0.2) is 15.4 Å². The molecule has 0 saturated carbocycles. The van der Waals surface area contributed by atoms with E-state index in [4.69, 9.17) is 11.6 Å². The predicted octanol–water partition coefficient (Wildman–Crippen LogP) is 2.60. The van der Waals surface area contributed by atoms with E-state index in [1.807, 2.05) is 19.9 Å². The minimum atomic E-state index is -0.766. The van der Waals surface area contributed by atoms with Crippen LogP contribution in [0.1, 0.15) is 17.0 Å². The number of halogens is 1. The second kappa shape index (κ2) is 8.59. The number of nitro benzene ring substituents is 1. The highest BCUT2D eigenvalue weighted by atomic mass is 35.5. The summed E-state index contributed by atoms with van der Waals surface area (Å²) in [4.78, 5) is 30.3. The molecule has 0 atom stereocenters. The molecule has 2 rings (SSSR count). The molecular formula is C15H14ClN5O4S. The van der Waals surface area contributed by atoms with Crippen molar-refractivity contribution in [3.05, 3.63) is 50.3 Å². The number of hydrogen-bond acceptors (Lipinski definition) is 8. The minimum Gasteiger partial charge on any atom is -0.502 e. The van der Waals surface area contributed by atoms with E-state index >= 15 is 0 Å². The fraction of sp³-hybridized carbons (Fsp3) is 0.200. The van der Waals surface area contributed by atoms with E-state index in [0.717, 1.165) is 35.4 Å². The molecule has 9 nitrogen and oxygen atoms in total. The maximum atomic E-state index is 11.8. The van der Waals surface area contributed by atoms with Gasteiger partial charge in [0.15, 0.2) is 5.16 Å². The standard InChI is InChI=1S/C15H14ClN5O4S/c1-8-3-9(2)19-15(18-8)26-7-13(22)20-17-6-10-4-11(16)5-12(14(10)23)21(24)25/h3-6,23H,7H2,1-2H3,(H,20,22)/b17-6+. The average molecular weight is 396 g/mol. The van der Waals surface area contributed by atoms with E-state index in [1.54, 1.807) is 0 Å². The molecule has 0 aliphatic heterocycles. The topological polar surface area (TPSA) is 131 Å². The van der Waals surface area contributed by atoms with Crippen molar-refractivity contribution in [1.82, 2.24) is 15.4 Å². The molecule has 1 aromatic heterocycles. The highest BCUT2D eigenvalue weighted by Crippen LogP contribution is 2.32. The molecule has 0 spiro atoms. The number of carbonyl (C=O) groups is 1. The van der Waals surface area contributed by atoms with Crippen molar-refractivity contribution in [3.8, 4) is 5.75 Å². The summed E-state index contributed by atoms with van der Waals surface area (Å²) in [6.45, 7) is 3.67. The lowest BCUT2D eigenvalue weighted by atomic mass is 10.2. The smallest absolute Gasteiger partial charge is 0.312 e. The number of phenols is 1. The number of aromatic nitrogens is 2. The van der Waals surface area contributed by atoms with Crippen molar-refractivity contribution in [3.63, 3.8) is 0 Å². The van der Waals surface area contributed by atoms with Crippen molar-refractivity contribution >= 4 is 41.2 Å². The zero-order chi connectivity index (χ0) is 19.3. The first kappa shape index (κ1) is 19.6. The molecule has 1 heterocycles. The molecule has 0 radical (unpaired) electrons. The Bertz CT molecular complexity index is 870. The lowest BCUT2D eigenvalue weighted by Crippen LogP contribution is -2.19. The van der Waals surface area contributed by atoms with E-state index in [-0.39, 0.29) is 16.3 Å². The zero-order valence-electron chi connectivity index (χ0n) is 13.8. The van der Waals surface area contributed by atoms with Crippen LogP contribution in [-0.2, 0) is 4.79 Å². The number of rotatable bonds is 6. The van der Waals surface area contributed by atoms with Crippen LogP contribution in [0.5, 0.6) is 5.75 Å². The molecule has 0 unspecified atom stereocenters. The van der Waals surface area contributed by atoms with E-state index in [0.29, 0.717) is 5.16 Å². The molecule has 0 bridgehead atoms. The summed E-state index contributed by atoms with van der Waals surface area (Å²) >= 11 is 6.92. The molecule has 1 aromatic carbocycles. The van der Waals surface area contributed by atoms with Crippen LogP contribution in [0.3, 0.4) is 0 Å². The maximum Gasteiger partial charge on any atom is 0.312 e. The van der Waals surface area contributed by atoms with Crippen LogP contribution in [0.15, 0.2) is 28.5 Å². The number of nitro groups is 1. The number of hydrazone groups is 1. The Morgan fingerprint density at radius 1 is 1.38 bits per heavy atom.